The van der Waals surface area contributed by atoms with E-state index in [9.17, 15) is 5.11 Å². The predicted molar refractivity (Wildman–Crippen MR) is 66.4 cm³/mol. The van der Waals surface area contributed by atoms with Crippen LogP contribution in [-0.4, -0.2) is 47.0 Å². The van der Waals surface area contributed by atoms with Crippen LogP contribution in [0.15, 0.2) is 0 Å². The minimum absolute atomic E-state index is 0.213. The van der Waals surface area contributed by atoms with E-state index >= 15 is 0 Å². The molecule has 0 spiro atoms. The van der Waals surface area contributed by atoms with Crippen LogP contribution in [0.1, 0.15) is 46.0 Å². The van der Waals surface area contributed by atoms with Crippen molar-refractivity contribution in [2.75, 3.05) is 19.7 Å². The Morgan fingerprint density at radius 3 is 2.62 bits per heavy atom. The highest BCUT2D eigenvalue weighted by Crippen LogP contribution is 2.21. The van der Waals surface area contributed by atoms with Crippen molar-refractivity contribution in [2.45, 2.75) is 58.1 Å². The van der Waals surface area contributed by atoms with Crippen molar-refractivity contribution in [1.29, 1.82) is 0 Å². The van der Waals surface area contributed by atoms with Gasteiger partial charge in [0, 0.05) is 19.2 Å². The molecule has 0 amide bonds. The summed E-state index contributed by atoms with van der Waals surface area (Å²) >= 11 is 0. The van der Waals surface area contributed by atoms with Crippen LogP contribution in [0.2, 0.25) is 0 Å². The summed E-state index contributed by atoms with van der Waals surface area (Å²) in [4.78, 5) is 2.47. The van der Waals surface area contributed by atoms with E-state index in [1.165, 1.54) is 25.7 Å². The first-order valence-electron chi connectivity index (χ1n) is 6.66. The lowest BCUT2D eigenvalue weighted by Crippen LogP contribution is -2.40. The van der Waals surface area contributed by atoms with Crippen LogP contribution < -0.4 is 0 Å². The second-order valence-electron chi connectivity index (χ2n) is 5.37. The fourth-order valence-electron chi connectivity index (χ4n) is 2.60. The third kappa shape index (κ3) is 4.81. The van der Waals surface area contributed by atoms with Crippen molar-refractivity contribution < 1.29 is 10.2 Å². The van der Waals surface area contributed by atoms with Gasteiger partial charge >= 0.3 is 0 Å². The van der Waals surface area contributed by atoms with E-state index in [1.54, 1.807) is 0 Å². The summed E-state index contributed by atoms with van der Waals surface area (Å²) in [7, 11) is 0. The maximum atomic E-state index is 9.53. The van der Waals surface area contributed by atoms with Crippen molar-refractivity contribution in [3.05, 3.63) is 0 Å². The fourth-order valence-corrected chi connectivity index (χ4v) is 2.60. The molecule has 0 bridgehead atoms. The van der Waals surface area contributed by atoms with Gasteiger partial charge in [0.05, 0.1) is 6.10 Å². The molecule has 0 radical (unpaired) electrons. The molecule has 2 N–H and O–H groups in total. The topological polar surface area (TPSA) is 43.7 Å². The fraction of sp³-hybridized carbons (Fsp3) is 1.00. The largest absolute Gasteiger partial charge is 0.396 e. The zero-order chi connectivity index (χ0) is 12.0. The Morgan fingerprint density at radius 1 is 1.25 bits per heavy atom. The SMILES string of the molecule is CC(O)CC1CCCCCN1CC(C)CO. The number of aliphatic hydroxyl groups is 2. The Balaban J connectivity index is 2.51. The molecule has 3 nitrogen and oxygen atoms in total. The number of likely N-dealkylation sites (tertiary alicyclic amines) is 1. The Labute approximate surface area is 99.5 Å². The summed E-state index contributed by atoms with van der Waals surface area (Å²) in [6.45, 7) is 6.32. The predicted octanol–water partition coefficient (Wildman–Crippen LogP) is 1.63. The molecule has 16 heavy (non-hydrogen) atoms. The molecule has 0 saturated carbocycles. The van der Waals surface area contributed by atoms with E-state index in [0.29, 0.717) is 12.0 Å². The van der Waals surface area contributed by atoms with Gasteiger partial charge < -0.3 is 10.2 Å². The Hall–Kier alpha value is -0.120. The van der Waals surface area contributed by atoms with E-state index < -0.39 is 0 Å². The maximum Gasteiger partial charge on any atom is 0.0527 e. The molecule has 1 aliphatic heterocycles. The normalized spacial score (nSPS) is 27.4. The minimum atomic E-state index is -0.213. The maximum absolute atomic E-state index is 9.53. The van der Waals surface area contributed by atoms with Gasteiger partial charge in [-0.05, 0) is 38.6 Å². The van der Waals surface area contributed by atoms with Crippen LogP contribution in [0.3, 0.4) is 0 Å². The lowest BCUT2D eigenvalue weighted by Gasteiger charge is -2.32. The Morgan fingerprint density at radius 2 is 2.00 bits per heavy atom. The average molecular weight is 229 g/mol. The molecule has 1 saturated heterocycles. The summed E-state index contributed by atoms with van der Waals surface area (Å²) < 4.78 is 0. The van der Waals surface area contributed by atoms with Gasteiger partial charge in [-0.15, -0.1) is 0 Å². The lowest BCUT2D eigenvalue weighted by atomic mass is 10.0. The molecule has 1 heterocycles. The number of nitrogens with zero attached hydrogens (tertiary/aromatic N) is 1. The van der Waals surface area contributed by atoms with Crippen molar-refractivity contribution >= 4 is 0 Å². The minimum Gasteiger partial charge on any atom is -0.396 e. The highest BCUT2D eigenvalue weighted by atomic mass is 16.3. The number of aliphatic hydroxyl groups excluding tert-OH is 2. The number of hydrogen-bond donors (Lipinski definition) is 2. The van der Waals surface area contributed by atoms with Crippen LogP contribution in [0.25, 0.3) is 0 Å². The first-order chi connectivity index (χ1) is 7.63. The van der Waals surface area contributed by atoms with Gasteiger partial charge in [0.15, 0.2) is 0 Å². The van der Waals surface area contributed by atoms with Crippen LogP contribution in [0.4, 0.5) is 0 Å². The molecule has 1 fully saturated rings. The first kappa shape index (κ1) is 13.9. The molecule has 96 valence electrons. The lowest BCUT2D eigenvalue weighted by molar-refractivity contribution is 0.0921. The summed E-state index contributed by atoms with van der Waals surface area (Å²) in [6.07, 6.45) is 5.70. The molecule has 1 rings (SSSR count). The third-order valence-corrected chi connectivity index (χ3v) is 3.47. The van der Waals surface area contributed by atoms with Gasteiger partial charge in [0.1, 0.15) is 0 Å². The van der Waals surface area contributed by atoms with Crippen molar-refractivity contribution in [3.8, 4) is 0 Å². The van der Waals surface area contributed by atoms with Crippen LogP contribution in [0, 0.1) is 5.92 Å². The van der Waals surface area contributed by atoms with Gasteiger partial charge in [-0.2, -0.15) is 0 Å². The van der Waals surface area contributed by atoms with Crippen LogP contribution in [-0.2, 0) is 0 Å². The van der Waals surface area contributed by atoms with Crippen LogP contribution in [0.5, 0.6) is 0 Å². The van der Waals surface area contributed by atoms with Gasteiger partial charge in [0.2, 0.25) is 0 Å². The van der Waals surface area contributed by atoms with Crippen molar-refractivity contribution in [1.82, 2.24) is 4.90 Å². The molecule has 0 aromatic rings. The zero-order valence-corrected chi connectivity index (χ0v) is 10.7. The monoisotopic (exact) mass is 229 g/mol. The van der Waals surface area contributed by atoms with Crippen molar-refractivity contribution in [2.24, 2.45) is 5.92 Å². The van der Waals surface area contributed by atoms with E-state index in [1.807, 2.05) is 6.92 Å². The molecule has 1 aliphatic rings. The highest BCUT2D eigenvalue weighted by molar-refractivity contribution is 4.78. The second-order valence-corrected chi connectivity index (χ2v) is 5.37. The van der Waals surface area contributed by atoms with Crippen LogP contribution >= 0.6 is 0 Å². The summed E-state index contributed by atoms with van der Waals surface area (Å²) in [5, 5.41) is 18.7. The number of rotatable bonds is 5. The smallest absolute Gasteiger partial charge is 0.0527 e. The zero-order valence-electron chi connectivity index (χ0n) is 10.7. The molecular weight excluding hydrogens is 202 g/mol. The van der Waals surface area contributed by atoms with Gasteiger partial charge in [-0.3, -0.25) is 4.90 Å². The average Bonchev–Trinajstić information content (AvgIpc) is 2.44. The molecule has 3 unspecified atom stereocenters. The standard InChI is InChI=1S/C13H27NO2/c1-11(10-15)9-14-7-5-3-4-6-13(14)8-12(2)16/h11-13,15-16H,3-10H2,1-2H3. The van der Waals surface area contributed by atoms with E-state index in [4.69, 9.17) is 5.11 Å². The van der Waals surface area contributed by atoms with Gasteiger partial charge in [-0.1, -0.05) is 19.8 Å². The third-order valence-electron chi connectivity index (χ3n) is 3.47. The molecule has 3 atom stereocenters. The van der Waals surface area contributed by atoms with Crippen molar-refractivity contribution in [3.63, 3.8) is 0 Å². The van der Waals surface area contributed by atoms with E-state index in [0.717, 1.165) is 19.5 Å². The first-order valence-corrected chi connectivity index (χ1v) is 6.66. The highest BCUT2D eigenvalue weighted by Gasteiger charge is 2.23. The molecule has 3 heteroatoms. The van der Waals surface area contributed by atoms with E-state index in [2.05, 4.69) is 11.8 Å². The Kier molecular flexibility index (Phi) is 6.32. The molecule has 0 aromatic carbocycles. The number of hydrogen-bond acceptors (Lipinski definition) is 3. The van der Waals surface area contributed by atoms with E-state index in [-0.39, 0.29) is 12.7 Å². The van der Waals surface area contributed by atoms with Gasteiger partial charge in [-0.25, -0.2) is 0 Å². The Bertz CT molecular complexity index is 185. The summed E-state index contributed by atoms with van der Waals surface area (Å²) in [5.41, 5.74) is 0. The molecule has 0 aliphatic carbocycles. The van der Waals surface area contributed by atoms with Gasteiger partial charge in [0.25, 0.3) is 0 Å². The summed E-state index contributed by atoms with van der Waals surface area (Å²) in [6, 6.07) is 0.511. The molecule has 0 aromatic heterocycles. The molecular formula is C13H27NO2. The second kappa shape index (κ2) is 7.25. The summed E-state index contributed by atoms with van der Waals surface area (Å²) in [5.74, 6) is 0.342. The quantitative estimate of drug-likeness (QED) is 0.753.